The molecule has 0 aliphatic rings. The summed E-state index contributed by atoms with van der Waals surface area (Å²) in [6, 6.07) is 0. The maximum atomic E-state index is 10.6. The van der Waals surface area contributed by atoms with Crippen molar-refractivity contribution in [2.75, 3.05) is 13.7 Å². The predicted octanol–water partition coefficient (Wildman–Crippen LogP) is 4.57. The highest BCUT2D eigenvalue weighted by molar-refractivity contribution is 4.47. The molecule has 0 aliphatic heterocycles. The van der Waals surface area contributed by atoms with Crippen LogP contribution in [0.2, 0.25) is 0 Å². The maximum absolute atomic E-state index is 10.6. The summed E-state index contributed by atoms with van der Waals surface area (Å²) in [5.74, 6) is 0. The number of nitrogens with zero attached hydrogens (tertiary/aromatic N) is 1. The normalized spacial score (nSPS) is 10.3. The van der Waals surface area contributed by atoms with E-state index in [1.807, 2.05) is 0 Å². The Bertz CT molecular complexity index is 186. The lowest BCUT2D eigenvalue weighted by molar-refractivity contribution is -0.977. The van der Waals surface area contributed by atoms with E-state index in [1.165, 1.54) is 64.9 Å². The van der Waals surface area contributed by atoms with Crippen molar-refractivity contribution >= 4 is 0 Å². The molecule has 0 saturated heterocycles. The molecule has 0 aromatic carbocycles. The van der Waals surface area contributed by atoms with Crippen LogP contribution >= 0.6 is 0 Å². The van der Waals surface area contributed by atoms with E-state index in [0.717, 1.165) is 12.8 Å². The van der Waals surface area contributed by atoms with Gasteiger partial charge in [0, 0.05) is 0 Å². The largest absolute Gasteiger partial charge is 0.477 e. The van der Waals surface area contributed by atoms with Crippen molar-refractivity contribution in [1.29, 1.82) is 0 Å². The summed E-state index contributed by atoms with van der Waals surface area (Å²) < 4.78 is 0. The number of unbranched alkanes of at least 4 members (excludes halogenated alkanes) is 10. The molecule has 0 N–H and O–H groups in total. The zero-order chi connectivity index (χ0) is 13.5. The summed E-state index contributed by atoms with van der Waals surface area (Å²) >= 11 is 0. The van der Waals surface area contributed by atoms with Gasteiger partial charge in [0.1, 0.15) is 4.91 Å². The lowest BCUT2D eigenvalue weighted by Crippen LogP contribution is -2.08. The first kappa shape index (κ1) is 17.2. The quantitative estimate of drug-likeness (QED) is 0.339. The zero-order valence-corrected chi connectivity index (χ0v) is 12.2. The molecule has 0 radical (unpaired) electrons. The molecular weight excluding hydrogens is 230 g/mol. The standard InChI is InChI=1S/C14H30NO3/c1-3-4-5-6-7-8-9-10-11-12-13-14-18-15(16)17-2/h3-14H2,1-2H3/q+1. The fourth-order valence-electron chi connectivity index (χ4n) is 1.96. The molecular formula is C14H30NO3+. The van der Waals surface area contributed by atoms with E-state index in [9.17, 15) is 4.91 Å². The molecule has 0 fully saturated rings. The molecule has 0 unspecified atom stereocenters. The van der Waals surface area contributed by atoms with Gasteiger partial charge in [-0.2, -0.15) is 9.68 Å². The zero-order valence-electron chi connectivity index (χ0n) is 12.2. The van der Waals surface area contributed by atoms with Crippen LogP contribution < -0.4 is 0 Å². The van der Waals surface area contributed by atoms with Gasteiger partial charge < -0.3 is 0 Å². The summed E-state index contributed by atoms with van der Waals surface area (Å²) in [4.78, 5) is 19.6. The minimum absolute atomic E-state index is 0.163. The first-order chi connectivity index (χ1) is 8.81. The van der Waals surface area contributed by atoms with Gasteiger partial charge in [-0.15, -0.1) is 0 Å². The molecule has 4 nitrogen and oxygen atoms in total. The first-order valence-corrected chi connectivity index (χ1v) is 7.45. The summed E-state index contributed by atoms with van der Waals surface area (Å²) in [5.41, 5.74) is 0. The van der Waals surface area contributed by atoms with Gasteiger partial charge in [0.2, 0.25) is 0 Å². The number of rotatable bonds is 14. The first-order valence-electron chi connectivity index (χ1n) is 7.45. The highest BCUT2D eigenvalue weighted by Gasteiger charge is 2.06. The van der Waals surface area contributed by atoms with Crippen LogP contribution in [0.15, 0.2) is 0 Å². The minimum atomic E-state index is 0.163. The van der Waals surface area contributed by atoms with E-state index in [-0.39, 0.29) is 5.09 Å². The molecule has 0 heterocycles. The van der Waals surface area contributed by atoms with Crippen molar-refractivity contribution in [3.05, 3.63) is 4.91 Å². The number of hydrogen-bond acceptors (Lipinski definition) is 3. The van der Waals surface area contributed by atoms with Crippen LogP contribution in [-0.2, 0) is 9.68 Å². The molecule has 0 atom stereocenters. The monoisotopic (exact) mass is 260 g/mol. The van der Waals surface area contributed by atoms with E-state index < -0.39 is 0 Å². The Labute approximate surface area is 112 Å². The van der Waals surface area contributed by atoms with Gasteiger partial charge in [-0.3, -0.25) is 0 Å². The van der Waals surface area contributed by atoms with Crippen molar-refractivity contribution in [2.45, 2.75) is 77.6 Å². The summed E-state index contributed by atoms with van der Waals surface area (Å²) in [6.45, 7) is 2.71. The van der Waals surface area contributed by atoms with Crippen molar-refractivity contribution < 1.29 is 14.8 Å². The van der Waals surface area contributed by atoms with E-state index in [1.54, 1.807) is 0 Å². The van der Waals surface area contributed by atoms with Gasteiger partial charge >= 0.3 is 5.09 Å². The van der Waals surface area contributed by atoms with Crippen LogP contribution in [0.1, 0.15) is 77.6 Å². The van der Waals surface area contributed by atoms with Crippen molar-refractivity contribution in [3.63, 3.8) is 0 Å². The Balaban J connectivity index is 2.97. The Morgan fingerprint density at radius 1 is 0.778 bits per heavy atom. The molecule has 0 aromatic rings. The molecule has 0 rings (SSSR count). The fourth-order valence-corrected chi connectivity index (χ4v) is 1.96. The Morgan fingerprint density at radius 3 is 1.67 bits per heavy atom. The maximum Gasteiger partial charge on any atom is 0.477 e. The van der Waals surface area contributed by atoms with E-state index >= 15 is 0 Å². The lowest BCUT2D eigenvalue weighted by atomic mass is 10.1. The third kappa shape index (κ3) is 13.3. The second-order valence-corrected chi connectivity index (χ2v) is 4.77. The molecule has 0 spiro atoms. The van der Waals surface area contributed by atoms with E-state index in [4.69, 9.17) is 4.84 Å². The second-order valence-electron chi connectivity index (χ2n) is 4.77. The van der Waals surface area contributed by atoms with Crippen molar-refractivity contribution in [1.82, 2.24) is 0 Å². The molecule has 0 aliphatic carbocycles. The molecule has 108 valence electrons. The van der Waals surface area contributed by atoms with Gasteiger partial charge in [-0.25, -0.2) is 0 Å². The molecule has 4 heteroatoms. The van der Waals surface area contributed by atoms with Crippen LogP contribution in [0.4, 0.5) is 0 Å². The molecule has 0 amide bonds. The SMILES string of the molecule is CCCCCCCCCCCCCO[N+](=O)OC. The minimum Gasteiger partial charge on any atom is -0.190 e. The van der Waals surface area contributed by atoms with Gasteiger partial charge in [0.05, 0.1) is 0 Å². The van der Waals surface area contributed by atoms with E-state index in [0.29, 0.717) is 6.61 Å². The molecule has 18 heavy (non-hydrogen) atoms. The molecule has 0 aromatic heterocycles. The van der Waals surface area contributed by atoms with E-state index in [2.05, 4.69) is 11.8 Å². The average molecular weight is 260 g/mol. The Kier molecular flexibility index (Phi) is 13.6. The fraction of sp³-hybridized carbons (Fsp3) is 1.00. The third-order valence-electron chi connectivity index (χ3n) is 3.09. The summed E-state index contributed by atoms with van der Waals surface area (Å²) in [5, 5.41) is 0.163. The second kappa shape index (κ2) is 14.3. The van der Waals surface area contributed by atoms with Gasteiger partial charge in [-0.1, -0.05) is 64.7 Å². The van der Waals surface area contributed by atoms with Crippen LogP contribution in [0.5, 0.6) is 0 Å². The number of hydrogen-bond donors (Lipinski definition) is 0. The van der Waals surface area contributed by atoms with Crippen molar-refractivity contribution in [3.8, 4) is 0 Å². The smallest absolute Gasteiger partial charge is 0.190 e. The van der Waals surface area contributed by atoms with Crippen LogP contribution in [0.3, 0.4) is 0 Å². The summed E-state index contributed by atoms with van der Waals surface area (Å²) in [7, 11) is 1.30. The van der Waals surface area contributed by atoms with Gasteiger partial charge in [0.25, 0.3) is 0 Å². The topological polar surface area (TPSA) is 38.5 Å². The summed E-state index contributed by atoms with van der Waals surface area (Å²) in [6.07, 6.45) is 14.2. The molecule has 0 bridgehead atoms. The van der Waals surface area contributed by atoms with Crippen LogP contribution in [-0.4, -0.2) is 18.8 Å². The highest BCUT2D eigenvalue weighted by Crippen LogP contribution is 2.11. The molecule has 0 saturated carbocycles. The Hall–Kier alpha value is -0.800. The highest BCUT2D eigenvalue weighted by atomic mass is 17.0. The lowest BCUT2D eigenvalue weighted by Gasteiger charge is -2.01. The van der Waals surface area contributed by atoms with Gasteiger partial charge in [0.15, 0.2) is 13.7 Å². The van der Waals surface area contributed by atoms with Crippen LogP contribution in [0, 0.1) is 4.91 Å². The third-order valence-corrected chi connectivity index (χ3v) is 3.09. The Morgan fingerprint density at radius 2 is 1.22 bits per heavy atom. The van der Waals surface area contributed by atoms with Crippen LogP contribution in [0.25, 0.3) is 0 Å². The predicted molar refractivity (Wildman–Crippen MR) is 73.0 cm³/mol. The van der Waals surface area contributed by atoms with Gasteiger partial charge in [-0.05, 0) is 12.8 Å². The average Bonchev–Trinajstić information content (AvgIpc) is 2.39. The van der Waals surface area contributed by atoms with Crippen molar-refractivity contribution in [2.24, 2.45) is 0 Å².